The molecular weight excluding hydrogens is 220 g/mol. The summed E-state index contributed by atoms with van der Waals surface area (Å²) >= 11 is 0. The van der Waals surface area contributed by atoms with Crippen molar-refractivity contribution in [1.29, 1.82) is 0 Å². The van der Waals surface area contributed by atoms with Crippen LogP contribution in [0.1, 0.15) is 24.5 Å². The van der Waals surface area contributed by atoms with Gasteiger partial charge in [-0.3, -0.25) is 0 Å². The topological polar surface area (TPSA) is 29.3 Å². The third kappa shape index (κ3) is 3.60. The van der Waals surface area contributed by atoms with Crippen molar-refractivity contribution in [3.63, 3.8) is 0 Å². The van der Waals surface area contributed by atoms with E-state index in [1.165, 1.54) is 18.5 Å². The van der Waals surface area contributed by atoms with Gasteiger partial charge in [-0.2, -0.15) is 0 Å². The lowest BCUT2D eigenvalue weighted by Gasteiger charge is -2.17. The van der Waals surface area contributed by atoms with Crippen molar-refractivity contribution in [3.8, 4) is 11.8 Å². The summed E-state index contributed by atoms with van der Waals surface area (Å²) in [5.41, 5.74) is 7.84. The Labute approximate surface area is 110 Å². The molecular formula is C16H22N2. The third-order valence-corrected chi connectivity index (χ3v) is 3.61. The number of rotatable bonds is 4. The van der Waals surface area contributed by atoms with E-state index >= 15 is 0 Å². The lowest BCUT2D eigenvalue weighted by atomic mass is 10.1. The first-order chi connectivity index (χ1) is 8.70. The Morgan fingerprint density at radius 3 is 2.78 bits per heavy atom. The van der Waals surface area contributed by atoms with Gasteiger partial charge in [-0.15, -0.1) is 0 Å². The van der Waals surface area contributed by atoms with Crippen LogP contribution in [-0.2, 0) is 6.54 Å². The molecule has 0 aromatic heterocycles. The highest BCUT2D eigenvalue weighted by Gasteiger charge is 2.32. The highest BCUT2D eigenvalue weighted by Crippen LogP contribution is 2.38. The van der Waals surface area contributed by atoms with Crippen LogP contribution in [0.5, 0.6) is 0 Å². The molecule has 1 aliphatic rings. The van der Waals surface area contributed by atoms with Crippen LogP contribution in [0.25, 0.3) is 0 Å². The molecule has 0 bridgehead atoms. The van der Waals surface area contributed by atoms with E-state index in [-0.39, 0.29) is 0 Å². The molecule has 1 fully saturated rings. The molecule has 0 aliphatic heterocycles. The quantitative estimate of drug-likeness (QED) is 0.819. The van der Waals surface area contributed by atoms with E-state index in [1.54, 1.807) is 0 Å². The van der Waals surface area contributed by atoms with Gasteiger partial charge in [0, 0.05) is 18.7 Å². The van der Waals surface area contributed by atoms with Crippen molar-refractivity contribution in [1.82, 2.24) is 4.90 Å². The van der Waals surface area contributed by atoms with Crippen LogP contribution in [0, 0.1) is 23.7 Å². The van der Waals surface area contributed by atoms with E-state index in [4.69, 9.17) is 5.73 Å². The molecule has 1 saturated carbocycles. The van der Waals surface area contributed by atoms with E-state index in [0.29, 0.717) is 6.54 Å². The van der Waals surface area contributed by atoms with Crippen LogP contribution < -0.4 is 5.73 Å². The fraction of sp³-hybridized carbons (Fsp3) is 0.500. The average Bonchev–Trinajstić information content (AvgIpc) is 3.03. The van der Waals surface area contributed by atoms with Gasteiger partial charge >= 0.3 is 0 Å². The van der Waals surface area contributed by atoms with Crippen molar-refractivity contribution < 1.29 is 0 Å². The van der Waals surface area contributed by atoms with Crippen molar-refractivity contribution >= 4 is 0 Å². The van der Waals surface area contributed by atoms with Crippen LogP contribution in [0.15, 0.2) is 24.3 Å². The maximum Gasteiger partial charge on any atom is 0.0555 e. The van der Waals surface area contributed by atoms with Gasteiger partial charge in [-0.05, 0) is 36.9 Å². The van der Waals surface area contributed by atoms with Crippen molar-refractivity contribution in [2.45, 2.75) is 19.9 Å². The normalized spacial score (nSPS) is 21.6. The first kappa shape index (κ1) is 13.1. The number of nitrogens with zero attached hydrogens (tertiary/aromatic N) is 1. The first-order valence-electron chi connectivity index (χ1n) is 6.66. The lowest BCUT2D eigenvalue weighted by molar-refractivity contribution is 0.307. The van der Waals surface area contributed by atoms with Crippen LogP contribution >= 0.6 is 0 Å². The molecule has 2 unspecified atom stereocenters. The highest BCUT2D eigenvalue weighted by molar-refractivity contribution is 5.41. The Kier molecular flexibility index (Phi) is 4.41. The zero-order chi connectivity index (χ0) is 13.0. The minimum absolute atomic E-state index is 0.420. The Hall–Kier alpha value is -1.30. The molecule has 18 heavy (non-hydrogen) atoms. The summed E-state index contributed by atoms with van der Waals surface area (Å²) in [6.45, 7) is 4.92. The predicted molar refractivity (Wildman–Crippen MR) is 76.0 cm³/mol. The number of hydrogen-bond donors (Lipinski definition) is 1. The van der Waals surface area contributed by atoms with E-state index in [2.05, 4.69) is 48.9 Å². The van der Waals surface area contributed by atoms with Crippen molar-refractivity contribution in [2.24, 2.45) is 17.6 Å². The molecule has 0 spiro atoms. The van der Waals surface area contributed by atoms with Gasteiger partial charge in [-0.1, -0.05) is 37.0 Å². The molecule has 2 rings (SSSR count). The minimum Gasteiger partial charge on any atom is -0.320 e. The monoisotopic (exact) mass is 242 g/mol. The first-order valence-corrected chi connectivity index (χ1v) is 6.66. The molecule has 2 heteroatoms. The van der Waals surface area contributed by atoms with Crippen LogP contribution in [0.2, 0.25) is 0 Å². The largest absolute Gasteiger partial charge is 0.320 e. The van der Waals surface area contributed by atoms with Gasteiger partial charge in [0.2, 0.25) is 0 Å². The van der Waals surface area contributed by atoms with Gasteiger partial charge in [0.1, 0.15) is 0 Å². The van der Waals surface area contributed by atoms with E-state index in [9.17, 15) is 0 Å². The van der Waals surface area contributed by atoms with Gasteiger partial charge in [-0.25, -0.2) is 0 Å². The van der Waals surface area contributed by atoms with Crippen LogP contribution in [0.3, 0.4) is 0 Å². The van der Waals surface area contributed by atoms with E-state index < -0.39 is 0 Å². The predicted octanol–water partition coefficient (Wildman–Crippen LogP) is 2.08. The Balaban J connectivity index is 1.99. The third-order valence-electron chi connectivity index (χ3n) is 3.61. The van der Waals surface area contributed by atoms with Gasteiger partial charge < -0.3 is 10.6 Å². The number of benzene rings is 1. The van der Waals surface area contributed by atoms with Gasteiger partial charge in [0.15, 0.2) is 0 Å². The SMILES string of the molecule is CC1CC1CN(C)Cc1ccccc1C#CCN. The van der Waals surface area contributed by atoms with Gasteiger partial charge in [0.05, 0.1) is 6.54 Å². The average molecular weight is 242 g/mol. The Morgan fingerprint density at radius 2 is 2.11 bits per heavy atom. The second-order valence-corrected chi connectivity index (χ2v) is 5.33. The summed E-state index contributed by atoms with van der Waals surface area (Å²) in [5, 5.41) is 0. The zero-order valence-corrected chi connectivity index (χ0v) is 11.3. The smallest absolute Gasteiger partial charge is 0.0555 e. The molecule has 0 heterocycles. The zero-order valence-electron chi connectivity index (χ0n) is 11.3. The summed E-state index contributed by atoms with van der Waals surface area (Å²) in [6.07, 6.45) is 1.39. The summed E-state index contributed by atoms with van der Waals surface area (Å²) in [6, 6.07) is 8.35. The second-order valence-electron chi connectivity index (χ2n) is 5.33. The maximum atomic E-state index is 5.43. The molecule has 0 amide bonds. The summed E-state index contributed by atoms with van der Waals surface area (Å²) < 4.78 is 0. The molecule has 0 radical (unpaired) electrons. The minimum atomic E-state index is 0.420. The molecule has 2 nitrogen and oxygen atoms in total. The van der Waals surface area contributed by atoms with Crippen molar-refractivity contribution in [3.05, 3.63) is 35.4 Å². The maximum absolute atomic E-state index is 5.43. The fourth-order valence-corrected chi connectivity index (χ4v) is 2.34. The van der Waals surface area contributed by atoms with Gasteiger partial charge in [0.25, 0.3) is 0 Å². The lowest BCUT2D eigenvalue weighted by Crippen LogP contribution is -2.21. The highest BCUT2D eigenvalue weighted by atomic mass is 15.1. The number of nitrogens with two attached hydrogens (primary N) is 1. The molecule has 96 valence electrons. The standard InChI is InChI=1S/C16H22N2/c1-13-10-16(13)12-18(2)11-15-7-4-3-6-14(15)8-5-9-17/h3-4,6-7,13,16H,9-12,17H2,1-2H3. The Morgan fingerprint density at radius 1 is 1.39 bits per heavy atom. The molecule has 1 aromatic rings. The summed E-state index contributed by atoms with van der Waals surface area (Å²) in [5.74, 6) is 7.91. The summed E-state index contributed by atoms with van der Waals surface area (Å²) in [7, 11) is 2.19. The molecule has 2 N–H and O–H groups in total. The fourth-order valence-electron chi connectivity index (χ4n) is 2.34. The van der Waals surface area contributed by atoms with Crippen LogP contribution in [0.4, 0.5) is 0 Å². The molecule has 1 aromatic carbocycles. The molecule has 2 atom stereocenters. The number of hydrogen-bond acceptors (Lipinski definition) is 2. The Bertz CT molecular complexity index is 456. The second kappa shape index (κ2) is 6.04. The van der Waals surface area contributed by atoms with Crippen molar-refractivity contribution in [2.75, 3.05) is 20.1 Å². The molecule has 0 saturated heterocycles. The van der Waals surface area contributed by atoms with Crippen LogP contribution in [-0.4, -0.2) is 25.0 Å². The summed E-state index contributed by atoms with van der Waals surface area (Å²) in [4.78, 5) is 2.40. The van der Waals surface area contributed by atoms with E-state index in [1.807, 2.05) is 6.07 Å². The van der Waals surface area contributed by atoms with E-state index in [0.717, 1.165) is 23.9 Å². The molecule has 1 aliphatic carbocycles.